The number of rotatable bonds is 7. The van der Waals surface area contributed by atoms with E-state index in [9.17, 15) is 9.59 Å². The van der Waals surface area contributed by atoms with E-state index in [4.69, 9.17) is 11.6 Å². The molecule has 2 amide bonds. The molecule has 104 valence electrons. The molecule has 1 rings (SSSR count). The molecule has 0 spiro atoms. The summed E-state index contributed by atoms with van der Waals surface area (Å²) in [6, 6.07) is 3.27. The second kappa shape index (κ2) is 7.32. The van der Waals surface area contributed by atoms with Crippen LogP contribution in [-0.4, -0.2) is 23.3 Å². The first-order chi connectivity index (χ1) is 9.06. The molecule has 0 saturated heterocycles. The third-order valence-electron chi connectivity index (χ3n) is 2.45. The predicted molar refractivity (Wildman–Crippen MR) is 72.2 cm³/mol. The molecule has 7 nitrogen and oxygen atoms in total. The standard InChI is InChI=1S/C12H19N5O2/c1-2-3-9-6-8(7-11(16-9)17-14)12(19)15-5-4-10(13)18/h6-7H,2-5,14H2,1H3,(H2,13,18)(H,15,19)(H,16,17). The number of aryl methyl sites for hydroxylation is 1. The molecule has 0 aliphatic carbocycles. The van der Waals surface area contributed by atoms with Crippen molar-refractivity contribution in [1.29, 1.82) is 0 Å². The Kier molecular flexibility index (Phi) is 5.74. The molecule has 1 heterocycles. The van der Waals surface area contributed by atoms with Crippen LogP contribution in [0.5, 0.6) is 0 Å². The largest absolute Gasteiger partial charge is 0.370 e. The number of nitrogens with two attached hydrogens (primary N) is 2. The molecule has 0 saturated carbocycles. The Labute approximate surface area is 111 Å². The lowest BCUT2D eigenvalue weighted by Crippen LogP contribution is -2.28. The third kappa shape index (κ3) is 4.92. The number of nitrogen functional groups attached to an aromatic ring is 1. The fraction of sp³-hybridized carbons (Fsp3) is 0.417. The van der Waals surface area contributed by atoms with Crippen LogP contribution >= 0.6 is 0 Å². The normalized spacial score (nSPS) is 10.0. The zero-order valence-corrected chi connectivity index (χ0v) is 10.9. The van der Waals surface area contributed by atoms with Crippen LogP contribution < -0.4 is 22.3 Å². The summed E-state index contributed by atoms with van der Waals surface area (Å²) in [5.41, 5.74) is 8.67. The van der Waals surface area contributed by atoms with Gasteiger partial charge in [-0.25, -0.2) is 10.8 Å². The van der Waals surface area contributed by atoms with Gasteiger partial charge in [-0.15, -0.1) is 0 Å². The van der Waals surface area contributed by atoms with Gasteiger partial charge >= 0.3 is 0 Å². The molecule has 6 N–H and O–H groups in total. The van der Waals surface area contributed by atoms with Crippen LogP contribution in [0.3, 0.4) is 0 Å². The molecule has 1 aromatic rings. The third-order valence-corrected chi connectivity index (χ3v) is 2.45. The summed E-state index contributed by atoms with van der Waals surface area (Å²) in [7, 11) is 0. The van der Waals surface area contributed by atoms with Crippen LogP contribution in [0.2, 0.25) is 0 Å². The van der Waals surface area contributed by atoms with Crippen molar-refractivity contribution in [2.75, 3.05) is 12.0 Å². The summed E-state index contributed by atoms with van der Waals surface area (Å²) < 4.78 is 0. The van der Waals surface area contributed by atoms with Gasteiger partial charge in [0, 0.05) is 24.2 Å². The lowest BCUT2D eigenvalue weighted by atomic mass is 10.1. The van der Waals surface area contributed by atoms with Crippen molar-refractivity contribution in [3.8, 4) is 0 Å². The minimum atomic E-state index is -0.453. The Morgan fingerprint density at radius 2 is 2.11 bits per heavy atom. The van der Waals surface area contributed by atoms with Gasteiger partial charge in [-0.1, -0.05) is 13.3 Å². The smallest absolute Gasteiger partial charge is 0.251 e. The lowest BCUT2D eigenvalue weighted by Gasteiger charge is -2.08. The Morgan fingerprint density at radius 3 is 2.68 bits per heavy atom. The van der Waals surface area contributed by atoms with Gasteiger partial charge in [0.05, 0.1) is 0 Å². The zero-order valence-electron chi connectivity index (χ0n) is 10.9. The topological polar surface area (TPSA) is 123 Å². The highest BCUT2D eigenvalue weighted by Gasteiger charge is 2.09. The predicted octanol–water partition coefficient (Wildman–Crippen LogP) is -0.0751. The molecule has 0 aliphatic rings. The quantitative estimate of drug-likeness (QED) is 0.406. The second-order valence-electron chi connectivity index (χ2n) is 4.10. The van der Waals surface area contributed by atoms with Crippen LogP contribution in [0.25, 0.3) is 0 Å². The van der Waals surface area contributed by atoms with Gasteiger partial charge in [-0.2, -0.15) is 0 Å². The van der Waals surface area contributed by atoms with Crippen molar-refractivity contribution in [2.24, 2.45) is 11.6 Å². The number of nitrogens with one attached hydrogen (secondary N) is 2. The number of hydrogen-bond acceptors (Lipinski definition) is 5. The first kappa shape index (κ1) is 14.9. The van der Waals surface area contributed by atoms with Crippen molar-refractivity contribution in [1.82, 2.24) is 10.3 Å². The molecule has 0 bridgehead atoms. The fourth-order valence-corrected chi connectivity index (χ4v) is 1.58. The molecule has 0 fully saturated rings. The van der Waals surface area contributed by atoms with E-state index in [0.717, 1.165) is 18.5 Å². The van der Waals surface area contributed by atoms with Gasteiger partial charge in [0.15, 0.2) is 0 Å². The number of hydrazine groups is 1. The van der Waals surface area contributed by atoms with E-state index in [1.807, 2.05) is 6.92 Å². The van der Waals surface area contributed by atoms with Crippen LogP contribution in [0.15, 0.2) is 12.1 Å². The highest BCUT2D eigenvalue weighted by atomic mass is 16.2. The molecule has 1 aromatic heterocycles. The fourth-order valence-electron chi connectivity index (χ4n) is 1.58. The zero-order chi connectivity index (χ0) is 14.3. The number of carbonyl (C=O) groups is 2. The average molecular weight is 265 g/mol. The first-order valence-electron chi connectivity index (χ1n) is 6.11. The van der Waals surface area contributed by atoms with Crippen LogP contribution in [0.1, 0.15) is 35.8 Å². The van der Waals surface area contributed by atoms with Crippen molar-refractivity contribution >= 4 is 17.6 Å². The number of nitrogens with zero attached hydrogens (tertiary/aromatic N) is 1. The maximum atomic E-state index is 11.9. The summed E-state index contributed by atoms with van der Waals surface area (Å²) in [5, 5.41) is 2.61. The van der Waals surface area contributed by atoms with Crippen molar-refractivity contribution < 1.29 is 9.59 Å². The van der Waals surface area contributed by atoms with Gasteiger partial charge < -0.3 is 16.5 Å². The molecular weight excluding hydrogens is 246 g/mol. The van der Waals surface area contributed by atoms with E-state index in [1.54, 1.807) is 12.1 Å². The van der Waals surface area contributed by atoms with Crippen LogP contribution in [0.4, 0.5) is 5.82 Å². The maximum absolute atomic E-state index is 11.9. The molecule has 0 aliphatic heterocycles. The van der Waals surface area contributed by atoms with Crippen molar-refractivity contribution in [2.45, 2.75) is 26.2 Å². The van der Waals surface area contributed by atoms with Gasteiger partial charge in [0.25, 0.3) is 5.91 Å². The molecule has 19 heavy (non-hydrogen) atoms. The van der Waals surface area contributed by atoms with E-state index in [2.05, 4.69) is 15.7 Å². The second-order valence-corrected chi connectivity index (χ2v) is 4.10. The number of primary amides is 1. The minimum absolute atomic E-state index is 0.112. The monoisotopic (exact) mass is 265 g/mol. The summed E-state index contributed by atoms with van der Waals surface area (Å²) >= 11 is 0. The molecule has 0 unspecified atom stereocenters. The van der Waals surface area contributed by atoms with Gasteiger partial charge in [0.1, 0.15) is 5.82 Å². The molecule has 0 aromatic carbocycles. The highest BCUT2D eigenvalue weighted by molar-refractivity contribution is 5.95. The lowest BCUT2D eigenvalue weighted by molar-refractivity contribution is -0.117. The molecule has 0 atom stereocenters. The Bertz CT molecular complexity index is 461. The van der Waals surface area contributed by atoms with Crippen molar-refractivity contribution in [3.63, 3.8) is 0 Å². The molecule has 7 heteroatoms. The summed E-state index contributed by atoms with van der Waals surface area (Å²) in [4.78, 5) is 26.7. The van der Waals surface area contributed by atoms with Crippen LogP contribution in [0, 0.1) is 0 Å². The number of pyridine rings is 1. The van der Waals surface area contributed by atoms with E-state index < -0.39 is 5.91 Å². The molecule has 0 radical (unpaired) electrons. The Balaban J connectivity index is 2.77. The maximum Gasteiger partial charge on any atom is 0.251 e. The number of hydrogen-bond donors (Lipinski definition) is 4. The van der Waals surface area contributed by atoms with Gasteiger partial charge in [0.2, 0.25) is 5.91 Å². The molecular formula is C12H19N5O2. The van der Waals surface area contributed by atoms with E-state index >= 15 is 0 Å². The number of amides is 2. The van der Waals surface area contributed by atoms with E-state index in [-0.39, 0.29) is 18.9 Å². The van der Waals surface area contributed by atoms with E-state index in [1.165, 1.54) is 0 Å². The van der Waals surface area contributed by atoms with Crippen LogP contribution in [-0.2, 0) is 11.2 Å². The SMILES string of the molecule is CCCc1cc(C(=O)NCCC(N)=O)cc(NN)n1. The van der Waals surface area contributed by atoms with Crippen molar-refractivity contribution in [3.05, 3.63) is 23.4 Å². The highest BCUT2D eigenvalue weighted by Crippen LogP contribution is 2.11. The summed E-state index contributed by atoms with van der Waals surface area (Å²) in [6.07, 6.45) is 1.79. The minimum Gasteiger partial charge on any atom is -0.370 e. The van der Waals surface area contributed by atoms with Gasteiger partial charge in [-0.3, -0.25) is 9.59 Å². The van der Waals surface area contributed by atoms with E-state index in [0.29, 0.717) is 11.4 Å². The number of carbonyl (C=O) groups excluding carboxylic acids is 2. The average Bonchev–Trinajstić information content (AvgIpc) is 2.38. The number of anilines is 1. The Morgan fingerprint density at radius 1 is 1.37 bits per heavy atom. The van der Waals surface area contributed by atoms with Gasteiger partial charge in [-0.05, 0) is 18.6 Å². The number of aromatic nitrogens is 1. The summed E-state index contributed by atoms with van der Waals surface area (Å²) in [5.74, 6) is 5.02. The summed E-state index contributed by atoms with van der Waals surface area (Å²) in [6.45, 7) is 2.24. The Hall–Kier alpha value is -2.15. The first-order valence-corrected chi connectivity index (χ1v) is 6.11.